The molecule has 144 valence electrons. The molecule has 1 aliphatic rings. The summed E-state index contributed by atoms with van der Waals surface area (Å²) in [6.45, 7) is 4.63. The summed E-state index contributed by atoms with van der Waals surface area (Å²) in [5.41, 5.74) is 2.90. The zero-order chi connectivity index (χ0) is 19.4. The molecule has 1 fully saturated rings. The lowest BCUT2D eigenvalue weighted by Gasteiger charge is -2.31. The summed E-state index contributed by atoms with van der Waals surface area (Å²) in [7, 11) is -3.58. The van der Waals surface area contributed by atoms with E-state index in [4.69, 9.17) is 0 Å². The Morgan fingerprint density at radius 3 is 2.56 bits per heavy atom. The molecule has 0 aromatic heterocycles. The van der Waals surface area contributed by atoms with Crippen LogP contribution in [0.3, 0.4) is 0 Å². The van der Waals surface area contributed by atoms with Crippen LogP contribution in [-0.2, 0) is 21.2 Å². The standard InChI is InChI=1S/C21H26N2O3S/c1-3-17-7-4-5-9-20(17)22-21(24)18-8-6-14-23(15-18)27(25,26)19-12-10-16(2)11-13-19/h4-5,7,9-13,18H,3,6,8,14-15H2,1-2H3,(H,22,24)/t18-/m0/s1. The molecule has 5 nitrogen and oxygen atoms in total. The second-order valence-corrected chi connectivity index (χ2v) is 8.95. The monoisotopic (exact) mass is 386 g/mol. The van der Waals surface area contributed by atoms with Crippen LogP contribution in [0.2, 0.25) is 0 Å². The topological polar surface area (TPSA) is 66.5 Å². The van der Waals surface area contributed by atoms with E-state index in [1.165, 1.54) is 4.31 Å². The number of nitrogens with zero attached hydrogens (tertiary/aromatic N) is 1. The van der Waals surface area contributed by atoms with Crippen molar-refractivity contribution in [3.05, 3.63) is 59.7 Å². The molecule has 1 heterocycles. The first-order chi connectivity index (χ1) is 12.9. The van der Waals surface area contributed by atoms with Gasteiger partial charge in [-0.15, -0.1) is 0 Å². The smallest absolute Gasteiger partial charge is 0.243 e. The summed E-state index contributed by atoms with van der Waals surface area (Å²) in [6, 6.07) is 14.6. The van der Waals surface area contributed by atoms with Crippen molar-refractivity contribution in [3.8, 4) is 0 Å². The third kappa shape index (κ3) is 4.39. The van der Waals surface area contributed by atoms with Gasteiger partial charge < -0.3 is 5.32 Å². The van der Waals surface area contributed by atoms with Crippen LogP contribution in [0.1, 0.15) is 30.9 Å². The van der Waals surface area contributed by atoms with Gasteiger partial charge >= 0.3 is 0 Å². The number of para-hydroxylation sites is 1. The van der Waals surface area contributed by atoms with Crippen LogP contribution in [0.4, 0.5) is 5.69 Å². The third-order valence-corrected chi connectivity index (χ3v) is 6.95. The normalized spacial score (nSPS) is 18.2. The van der Waals surface area contributed by atoms with Crippen LogP contribution in [0.5, 0.6) is 0 Å². The van der Waals surface area contributed by atoms with Gasteiger partial charge in [-0.2, -0.15) is 4.31 Å². The van der Waals surface area contributed by atoms with E-state index in [0.717, 1.165) is 23.2 Å². The molecule has 2 aromatic carbocycles. The number of piperidine rings is 1. The molecule has 1 amide bonds. The summed E-state index contributed by atoms with van der Waals surface area (Å²) >= 11 is 0. The second-order valence-electron chi connectivity index (χ2n) is 7.02. The lowest BCUT2D eigenvalue weighted by atomic mass is 9.98. The molecule has 1 aliphatic heterocycles. The average Bonchev–Trinajstić information content (AvgIpc) is 2.69. The number of carbonyl (C=O) groups excluding carboxylic acids is 1. The molecule has 1 atom stereocenters. The Kier molecular flexibility index (Phi) is 5.97. The molecule has 0 aliphatic carbocycles. The Labute approximate surface area is 161 Å². The quantitative estimate of drug-likeness (QED) is 0.854. The second kappa shape index (κ2) is 8.23. The lowest BCUT2D eigenvalue weighted by Crippen LogP contribution is -2.43. The molecule has 6 heteroatoms. The number of aryl methyl sites for hydroxylation is 2. The van der Waals surface area contributed by atoms with Crippen molar-refractivity contribution < 1.29 is 13.2 Å². The van der Waals surface area contributed by atoms with Crippen molar-refractivity contribution in [3.63, 3.8) is 0 Å². The number of amides is 1. The van der Waals surface area contributed by atoms with Gasteiger partial charge in [0.15, 0.2) is 0 Å². The Morgan fingerprint density at radius 2 is 1.85 bits per heavy atom. The van der Waals surface area contributed by atoms with Crippen LogP contribution in [0.15, 0.2) is 53.4 Å². The van der Waals surface area contributed by atoms with Gasteiger partial charge in [0.25, 0.3) is 0 Å². The first-order valence-corrected chi connectivity index (χ1v) is 10.8. The fourth-order valence-corrected chi connectivity index (χ4v) is 4.94. The van der Waals surface area contributed by atoms with E-state index in [-0.39, 0.29) is 23.3 Å². The van der Waals surface area contributed by atoms with Crippen molar-refractivity contribution in [2.75, 3.05) is 18.4 Å². The van der Waals surface area contributed by atoms with E-state index >= 15 is 0 Å². The van der Waals surface area contributed by atoms with Crippen LogP contribution < -0.4 is 5.32 Å². The summed E-state index contributed by atoms with van der Waals surface area (Å²) in [5, 5.41) is 2.99. The van der Waals surface area contributed by atoms with E-state index in [0.29, 0.717) is 19.4 Å². The van der Waals surface area contributed by atoms with Crippen LogP contribution >= 0.6 is 0 Å². The summed E-state index contributed by atoms with van der Waals surface area (Å²) in [5.74, 6) is -0.455. The van der Waals surface area contributed by atoms with Crippen LogP contribution in [0, 0.1) is 12.8 Å². The van der Waals surface area contributed by atoms with Crippen LogP contribution in [-0.4, -0.2) is 31.7 Å². The van der Waals surface area contributed by atoms with Gasteiger partial charge in [-0.3, -0.25) is 4.79 Å². The van der Waals surface area contributed by atoms with Gasteiger partial charge in [0, 0.05) is 18.8 Å². The van der Waals surface area contributed by atoms with Gasteiger partial charge in [0.2, 0.25) is 15.9 Å². The highest BCUT2D eigenvalue weighted by molar-refractivity contribution is 7.89. The minimum Gasteiger partial charge on any atom is -0.326 e. The highest BCUT2D eigenvalue weighted by Crippen LogP contribution is 2.25. The first-order valence-electron chi connectivity index (χ1n) is 9.37. The molecule has 0 spiro atoms. The van der Waals surface area contributed by atoms with Crippen LogP contribution in [0.25, 0.3) is 0 Å². The number of rotatable bonds is 5. The first kappa shape index (κ1) is 19.6. The summed E-state index contributed by atoms with van der Waals surface area (Å²) in [6.07, 6.45) is 2.20. The largest absolute Gasteiger partial charge is 0.326 e. The maximum absolute atomic E-state index is 12.9. The number of hydrogen-bond acceptors (Lipinski definition) is 3. The fourth-order valence-electron chi connectivity index (χ4n) is 3.42. The van der Waals surface area contributed by atoms with Crippen molar-refractivity contribution in [1.29, 1.82) is 0 Å². The number of hydrogen-bond donors (Lipinski definition) is 1. The molecule has 0 unspecified atom stereocenters. The minimum atomic E-state index is -3.58. The number of nitrogens with one attached hydrogen (secondary N) is 1. The maximum Gasteiger partial charge on any atom is 0.243 e. The minimum absolute atomic E-state index is 0.111. The molecular weight excluding hydrogens is 360 g/mol. The fraction of sp³-hybridized carbons (Fsp3) is 0.381. The molecule has 0 saturated carbocycles. The number of anilines is 1. The van der Waals surface area contributed by atoms with E-state index in [2.05, 4.69) is 5.32 Å². The van der Waals surface area contributed by atoms with Gasteiger partial charge in [-0.25, -0.2) is 8.42 Å². The van der Waals surface area contributed by atoms with Crippen molar-refractivity contribution >= 4 is 21.6 Å². The van der Waals surface area contributed by atoms with Gasteiger partial charge in [-0.05, 0) is 49.9 Å². The molecule has 3 rings (SSSR count). The number of sulfonamides is 1. The van der Waals surface area contributed by atoms with E-state index < -0.39 is 10.0 Å². The molecule has 1 saturated heterocycles. The van der Waals surface area contributed by atoms with Crippen molar-refractivity contribution in [2.45, 2.75) is 38.0 Å². The molecule has 0 bridgehead atoms. The molecular formula is C21H26N2O3S. The average molecular weight is 387 g/mol. The number of benzene rings is 2. The predicted octanol–water partition coefficient (Wildman–Crippen LogP) is 3.60. The molecule has 1 N–H and O–H groups in total. The maximum atomic E-state index is 12.9. The SMILES string of the molecule is CCc1ccccc1NC(=O)[C@H]1CCCN(S(=O)(=O)c2ccc(C)cc2)C1. The zero-order valence-electron chi connectivity index (χ0n) is 15.8. The lowest BCUT2D eigenvalue weighted by molar-refractivity contribution is -0.120. The zero-order valence-corrected chi connectivity index (χ0v) is 16.6. The van der Waals surface area contributed by atoms with Gasteiger partial charge in [0.05, 0.1) is 10.8 Å². The highest BCUT2D eigenvalue weighted by atomic mass is 32.2. The van der Waals surface area contributed by atoms with Gasteiger partial charge in [0.1, 0.15) is 0 Å². The Hall–Kier alpha value is -2.18. The van der Waals surface area contributed by atoms with E-state index in [9.17, 15) is 13.2 Å². The summed E-state index contributed by atoms with van der Waals surface area (Å²) < 4.78 is 27.3. The molecule has 0 radical (unpaired) electrons. The van der Waals surface area contributed by atoms with E-state index in [1.54, 1.807) is 24.3 Å². The predicted molar refractivity (Wildman–Crippen MR) is 107 cm³/mol. The van der Waals surface area contributed by atoms with E-state index in [1.807, 2.05) is 38.1 Å². The molecule has 27 heavy (non-hydrogen) atoms. The summed E-state index contributed by atoms with van der Waals surface area (Å²) in [4.78, 5) is 13.0. The Morgan fingerprint density at radius 1 is 1.15 bits per heavy atom. The Balaban J connectivity index is 1.73. The van der Waals surface area contributed by atoms with Gasteiger partial charge in [-0.1, -0.05) is 42.8 Å². The molecule has 2 aromatic rings. The van der Waals surface area contributed by atoms with Crippen molar-refractivity contribution in [1.82, 2.24) is 4.31 Å². The highest BCUT2D eigenvalue weighted by Gasteiger charge is 2.33. The number of carbonyl (C=O) groups is 1. The Bertz CT molecular complexity index is 907. The third-order valence-electron chi connectivity index (χ3n) is 5.07. The van der Waals surface area contributed by atoms with Crippen molar-refractivity contribution in [2.24, 2.45) is 5.92 Å².